The molecule has 3 aromatic carbocycles. The third-order valence-corrected chi connectivity index (χ3v) is 5.70. The van der Waals surface area contributed by atoms with Crippen molar-refractivity contribution in [1.82, 2.24) is 4.90 Å². The second kappa shape index (κ2) is 7.26. The molecule has 0 radical (unpaired) electrons. The topological polar surface area (TPSA) is 83.7 Å². The predicted octanol–water partition coefficient (Wildman–Crippen LogP) is 4.86. The quantitative estimate of drug-likeness (QED) is 0.433. The highest BCUT2D eigenvalue weighted by Gasteiger charge is 2.49. The van der Waals surface area contributed by atoms with E-state index < -0.39 is 10.6 Å². The molecule has 0 bridgehead atoms. The summed E-state index contributed by atoms with van der Waals surface area (Å²) >= 11 is 9.37. The Labute approximate surface area is 179 Å². The van der Waals surface area contributed by atoms with Crippen LogP contribution in [0.2, 0.25) is 5.02 Å². The van der Waals surface area contributed by atoms with Gasteiger partial charge in [0, 0.05) is 44.9 Å². The average molecular weight is 474 g/mol. The first kappa shape index (κ1) is 19.6. The van der Waals surface area contributed by atoms with Gasteiger partial charge in [-0.3, -0.25) is 19.8 Å². The van der Waals surface area contributed by atoms with Crippen LogP contribution < -0.4 is 0 Å². The SMILES string of the molecule is O=C1c2cc(Br)ccc2C(O)(c2ccc(Cl)cc2)N1Cc1ccc([N+](=O)[O-])cc1. The van der Waals surface area contributed by atoms with Crippen LogP contribution in [0.1, 0.15) is 27.0 Å². The fourth-order valence-corrected chi connectivity index (χ4v) is 4.01. The van der Waals surface area contributed by atoms with Crippen LogP contribution in [0, 0.1) is 10.1 Å². The van der Waals surface area contributed by atoms with Crippen LogP contribution in [0.4, 0.5) is 5.69 Å². The van der Waals surface area contributed by atoms with Crippen molar-refractivity contribution < 1.29 is 14.8 Å². The highest BCUT2D eigenvalue weighted by atomic mass is 79.9. The van der Waals surface area contributed by atoms with Crippen LogP contribution in [0.15, 0.2) is 71.2 Å². The van der Waals surface area contributed by atoms with Crippen LogP contribution in [0.5, 0.6) is 0 Å². The zero-order valence-corrected chi connectivity index (χ0v) is 17.2. The van der Waals surface area contributed by atoms with Crippen molar-refractivity contribution in [3.63, 3.8) is 0 Å². The van der Waals surface area contributed by atoms with Gasteiger partial charge in [-0.25, -0.2) is 0 Å². The van der Waals surface area contributed by atoms with Crippen molar-refractivity contribution >= 4 is 39.1 Å². The lowest BCUT2D eigenvalue weighted by Crippen LogP contribution is -2.44. The summed E-state index contributed by atoms with van der Waals surface area (Å²) in [7, 11) is 0. The number of carbonyl (C=O) groups is 1. The molecule has 1 aliphatic heterocycles. The van der Waals surface area contributed by atoms with Gasteiger partial charge in [0.05, 0.1) is 4.92 Å². The smallest absolute Gasteiger partial charge is 0.269 e. The molecular formula is C21H14BrClN2O4. The number of carbonyl (C=O) groups excluding carboxylic acids is 1. The van der Waals surface area contributed by atoms with E-state index in [4.69, 9.17) is 11.6 Å². The number of nitro groups is 1. The van der Waals surface area contributed by atoms with E-state index in [1.165, 1.54) is 17.0 Å². The maximum absolute atomic E-state index is 13.2. The molecule has 3 aromatic rings. The largest absolute Gasteiger partial charge is 0.363 e. The lowest BCUT2D eigenvalue weighted by Gasteiger charge is -2.35. The minimum atomic E-state index is -1.69. The van der Waals surface area contributed by atoms with Crippen molar-refractivity contribution in [2.24, 2.45) is 0 Å². The van der Waals surface area contributed by atoms with Gasteiger partial charge in [0.2, 0.25) is 0 Å². The minimum absolute atomic E-state index is 0.0401. The number of nitro benzene ring substituents is 1. The summed E-state index contributed by atoms with van der Waals surface area (Å²) in [4.78, 5) is 25.0. The van der Waals surface area contributed by atoms with Gasteiger partial charge in [0.15, 0.2) is 5.72 Å². The molecule has 1 unspecified atom stereocenters. The van der Waals surface area contributed by atoms with Crippen LogP contribution >= 0.6 is 27.5 Å². The van der Waals surface area contributed by atoms with Crippen LogP contribution in [-0.2, 0) is 12.3 Å². The van der Waals surface area contributed by atoms with E-state index in [1.54, 1.807) is 54.6 Å². The first-order valence-electron chi connectivity index (χ1n) is 8.64. The fourth-order valence-electron chi connectivity index (χ4n) is 3.52. The monoisotopic (exact) mass is 472 g/mol. The maximum atomic E-state index is 13.2. The van der Waals surface area contributed by atoms with E-state index in [9.17, 15) is 20.0 Å². The van der Waals surface area contributed by atoms with E-state index >= 15 is 0 Å². The number of hydrogen-bond donors (Lipinski definition) is 1. The number of halogens is 2. The highest BCUT2D eigenvalue weighted by molar-refractivity contribution is 9.10. The molecule has 0 spiro atoms. The minimum Gasteiger partial charge on any atom is -0.363 e. The van der Waals surface area contributed by atoms with Crippen LogP contribution in [0.3, 0.4) is 0 Å². The number of benzene rings is 3. The summed E-state index contributed by atoms with van der Waals surface area (Å²) in [5.41, 5.74) is 0.274. The van der Waals surface area contributed by atoms with E-state index in [0.29, 0.717) is 27.3 Å². The summed E-state index contributed by atoms with van der Waals surface area (Å²) in [6.07, 6.45) is 0. The van der Waals surface area contributed by atoms with Gasteiger partial charge in [-0.15, -0.1) is 0 Å². The lowest BCUT2D eigenvalue weighted by atomic mass is 9.93. The third-order valence-electron chi connectivity index (χ3n) is 4.96. The zero-order valence-electron chi connectivity index (χ0n) is 14.9. The predicted molar refractivity (Wildman–Crippen MR) is 112 cm³/mol. The number of aliphatic hydroxyl groups is 1. The molecule has 0 aliphatic carbocycles. The molecule has 8 heteroatoms. The van der Waals surface area contributed by atoms with E-state index in [-0.39, 0.29) is 18.1 Å². The molecular weight excluding hydrogens is 460 g/mol. The number of nitrogens with zero attached hydrogens (tertiary/aromatic N) is 2. The molecule has 0 saturated carbocycles. The first-order valence-corrected chi connectivity index (χ1v) is 9.81. The van der Waals surface area contributed by atoms with Gasteiger partial charge in [-0.05, 0) is 29.8 Å². The van der Waals surface area contributed by atoms with E-state index in [2.05, 4.69) is 15.9 Å². The van der Waals surface area contributed by atoms with Gasteiger partial charge in [-0.2, -0.15) is 0 Å². The molecule has 1 atom stereocenters. The summed E-state index contributed by atoms with van der Waals surface area (Å²) in [5.74, 6) is -0.336. The van der Waals surface area contributed by atoms with Crippen molar-refractivity contribution in [3.8, 4) is 0 Å². The summed E-state index contributed by atoms with van der Waals surface area (Å²) in [5, 5.41) is 23.2. The molecule has 1 heterocycles. The summed E-state index contributed by atoms with van der Waals surface area (Å²) < 4.78 is 0.722. The van der Waals surface area contributed by atoms with Gasteiger partial charge < -0.3 is 5.11 Å². The molecule has 4 rings (SSSR count). The number of non-ortho nitro benzene ring substituents is 1. The Morgan fingerprint density at radius 1 is 1.07 bits per heavy atom. The standard InChI is InChI=1S/C21H14BrClN2O4/c22-15-5-10-19-18(11-15)20(26)24(12-13-1-8-17(9-2-13)25(28)29)21(19,27)14-3-6-16(23)7-4-14/h1-11,27H,12H2. The average Bonchev–Trinajstić information content (AvgIpc) is 2.91. The van der Waals surface area contributed by atoms with Gasteiger partial charge in [-0.1, -0.05) is 57.9 Å². The summed E-state index contributed by atoms with van der Waals surface area (Å²) in [6.45, 7) is 0.0717. The Morgan fingerprint density at radius 2 is 1.72 bits per heavy atom. The van der Waals surface area contributed by atoms with Crippen molar-refractivity contribution in [3.05, 3.63) is 109 Å². The van der Waals surface area contributed by atoms with E-state index in [1.807, 2.05) is 0 Å². The molecule has 1 aliphatic rings. The molecule has 29 heavy (non-hydrogen) atoms. The normalized spacial score (nSPS) is 18.0. The molecule has 1 N–H and O–H groups in total. The second-order valence-corrected chi connectivity index (χ2v) is 8.04. The van der Waals surface area contributed by atoms with Crippen molar-refractivity contribution in [2.75, 3.05) is 0 Å². The van der Waals surface area contributed by atoms with Crippen molar-refractivity contribution in [2.45, 2.75) is 12.3 Å². The Hall–Kier alpha value is -2.74. The Morgan fingerprint density at radius 3 is 2.34 bits per heavy atom. The Kier molecular flexibility index (Phi) is 4.90. The van der Waals surface area contributed by atoms with Gasteiger partial charge >= 0.3 is 0 Å². The van der Waals surface area contributed by atoms with Crippen molar-refractivity contribution in [1.29, 1.82) is 0 Å². The van der Waals surface area contributed by atoms with E-state index in [0.717, 1.165) is 4.47 Å². The first-order chi connectivity index (χ1) is 13.8. The Balaban J connectivity index is 1.81. The number of rotatable bonds is 4. The summed E-state index contributed by atoms with van der Waals surface area (Å²) in [6, 6.07) is 17.7. The zero-order chi connectivity index (χ0) is 20.8. The lowest BCUT2D eigenvalue weighted by molar-refractivity contribution is -0.384. The molecule has 146 valence electrons. The third kappa shape index (κ3) is 3.31. The number of fused-ring (bicyclic) bond motifs is 1. The number of amides is 1. The number of hydrogen-bond acceptors (Lipinski definition) is 4. The Bertz CT molecular complexity index is 1120. The van der Waals surface area contributed by atoms with Crippen LogP contribution in [0.25, 0.3) is 0 Å². The van der Waals surface area contributed by atoms with Gasteiger partial charge in [0.1, 0.15) is 0 Å². The molecule has 1 amide bonds. The molecule has 0 saturated heterocycles. The fraction of sp³-hybridized carbons (Fsp3) is 0.0952. The second-order valence-electron chi connectivity index (χ2n) is 6.68. The molecule has 0 fully saturated rings. The maximum Gasteiger partial charge on any atom is 0.269 e. The highest BCUT2D eigenvalue weighted by Crippen LogP contribution is 2.44. The van der Waals surface area contributed by atoms with Crippen LogP contribution in [-0.4, -0.2) is 20.8 Å². The van der Waals surface area contributed by atoms with Gasteiger partial charge in [0.25, 0.3) is 11.6 Å². The molecule has 0 aromatic heterocycles. The molecule has 6 nitrogen and oxygen atoms in total.